The Balaban J connectivity index is 2.05. The maximum Gasteiger partial charge on any atom is 0.308 e. The molecule has 0 heterocycles. The summed E-state index contributed by atoms with van der Waals surface area (Å²) >= 11 is 0. The summed E-state index contributed by atoms with van der Waals surface area (Å²) < 4.78 is 0. The third-order valence-corrected chi connectivity index (χ3v) is 4.66. The van der Waals surface area contributed by atoms with Crippen LogP contribution in [0, 0.1) is 19.8 Å². The van der Waals surface area contributed by atoms with Crippen LogP contribution in [0.25, 0.3) is 0 Å². The zero-order valence-electron chi connectivity index (χ0n) is 13.4. The van der Waals surface area contributed by atoms with Crippen molar-refractivity contribution in [2.75, 3.05) is 0 Å². The summed E-state index contributed by atoms with van der Waals surface area (Å²) in [6.07, 6.45) is 4.70. The largest absolute Gasteiger partial charge is 0.481 e. The summed E-state index contributed by atoms with van der Waals surface area (Å²) in [6, 6.07) is 5.75. The highest BCUT2D eigenvalue weighted by Crippen LogP contribution is 2.24. The molecule has 4 heteroatoms. The Morgan fingerprint density at radius 3 is 2.41 bits per heavy atom. The van der Waals surface area contributed by atoms with Gasteiger partial charge in [-0.05, 0) is 43.4 Å². The zero-order chi connectivity index (χ0) is 16.1. The summed E-state index contributed by atoms with van der Waals surface area (Å²) in [5.41, 5.74) is 3.25. The summed E-state index contributed by atoms with van der Waals surface area (Å²) in [4.78, 5) is 23.8. The van der Waals surface area contributed by atoms with E-state index in [0.29, 0.717) is 12.8 Å². The number of carboxylic acids is 1. The Labute approximate surface area is 131 Å². The molecule has 1 aromatic carbocycles. The minimum atomic E-state index is -0.792. The van der Waals surface area contributed by atoms with Gasteiger partial charge in [0.2, 0.25) is 5.91 Å². The van der Waals surface area contributed by atoms with E-state index >= 15 is 0 Å². The van der Waals surface area contributed by atoms with Crippen LogP contribution in [-0.4, -0.2) is 23.0 Å². The molecule has 1 aliphatic carbocycles. The molecule has 0 spiro atoms. The molecule has 0 saturated heterocycles. The minimum Gasteiger partial charge on any atom is -0.481 e. The van der Waals surface area contributed by atoms with Gasteiger partial charge in [-0.15, -0.1) is 0 Å². The first kappa shape index (κ1) is 16.5. The maximum atomic E-state index is 12.4. The predicted molar refractivity (Wildman–Crippen MR) is 85.8 cm³/mol. The van der Waals surface area contributed by atoms with Gasteiger partial charge in [0.1, 0.15) is 0 Å². The van der Waals surface area contributed by atoms with E-state index in [1.807, 2.05) is 32.0 Å². The van der Waals surface area contributed by atoms with Gasteiger partial charge >= 0.3 is 5.97 Å². The number of hydrogen-bond donors (Lipinski definition) is 2. The summed E-state index contributed by atoms with van der Waals surface area (Å²) in [5.74, 6) is -1.32. The molecular weight excluding hydrogens is 278 g/mol. The average Bonchev–Trinajstić information content (AvgIpc) is 2.68. The fourth-order valence-corrected chi connectivity index (χ4v) is 3.32. The van der Waals surface area contributed by atoms with Crippen LogP contribution >= 0.6 is 0 Å². The molecule has 1 fully saturated rings. The monoisotopic (exact) mass is 303 g/mol. The van der Waals surface area contributed by atoms with E-state index in [9.17, 15) is 14.7 Å². The fourth-order valence-electron chi connectivity index (χ4n) is 3.32. The third-order valence-electron chi connectivity index (χ3n) is 4.66. The first-order valence-corrected chi connectivity index (χ1v) is 8.06. The van der Waals surface area contributed by atoms with Gasteiger partial charge in [-0.1, -0.05) is 37.5 Å². The van der Waals surface area contributed by atoms with Gasteiger partial charge in [-0.3, -0.25) is 9.59 Å². The highest BCUT2D eigenvalue weighted by atomic mass is 16.4. The number of rotatable bonds is 4. The lowest BCUT2D eigenvalue weighted by Crippen LogP contribution is -2.43. The number of amides is 1. The van der Waals surface area contributed by atoms with Crippen molar-refractivity contribution >= 4 is 11.9 Å². The minimum absolute atomic E-state index is 0.0736. The van der Waals surface area contributed by atoms with E-state index in [4.69, 9.17) is 0 Å². The third kappa shape index (κ3) is 4.09. The summed E-state index contributed by atoms with van der Waals surface area (Å²) in [5, 5.41) is 12.3. The fraction of sp³-hybridized carbons (Fsp3) is 0.556. The van der Waals surface area contributed by atoms with Crippen molar-refractivity contribution in [1.82, 2.24) is 5.32 Å². The second kappa shape index (κ2) is 7.43. The van der Waals surface area contributed by atoms with Gasteiger partial charge < -0.3 is 10.4 Å². The molecule has 0 unspecified atom stereocenters. The maximum absolute atomic E-state index is 12.4. The van der Waals surface area contributed by atoms with E-state index in [1.165, 1.54) is 0 Å². The van der Waals surface area contributed by atoms with Crippen molar-refractivity contribution in [3.8, 4) is 0 Å². The topological polar surface area (TPSA) is 66.4 Å². The van der Waals surface area contributed by atoms with Crippen LogP contribution in [0.3, 0.4) is 0 Å². The second-order valence-electron chi connectivity index (χ2n) is 6.30. The van der Waals surface area contributed by atoms with Crippen molar-refractivity contribution in [1.29, 1.82) is 0 Å². The molecule has 0 radical (unpaired) electrons. The molecule has 120 valence electrons. The van der Waals surface area contributed by atoms with Crippen LogP contribution in [0.2, 0.25) is 0 Å². The highest BCUT2D eigenvalue weighted by molar-refractivity contribution is 5.81. The van der Waals surface area contributed by atoms with E-state index in [1.54, 1.807) is 0 Å². The van der Waals surface area contributed by atoms with Crippen molar-refractivity contribution in [3.05, 3.63) is 34.9 Å². The van der Waals surface area contributed by atoms with Crippen LogP contribution in [0.15, 0.2) is 18.2 Å². The molecule has 1 aliphatic rings. The van der Waals surface area contributed by atoms with Gasteiger partial charge in [-0.25, -0.2) is 0 Å². The first-order valence-electron chi connectivity index (χ1n) is 8.06. The molecule has 1 aromatic rings. The van der Waals surface area contributed by atoms with E-state index in [-0.39, 0.29) is 11.9 Å². The predicted octanol–water partition coefficient (Wildman–Crippen LogP) is 3.00. The molecule has 22 heavy (non-hydrogen) atoms. The normalized spacial score (nSPS) is 21.9. The van der Waals surface area contributed by atoms with E-state index in [0.717, 1.165) is 42.4 Å². The lowest BCUT2D eigenvalue weighted by atomic mass is 9.94. The molecule has 0 bridgehead atoms. The highest BCUT2D eigenvalue weighted by Gasteiger charge is 2.30. The molecule has 4 nitrogen and oxygen atoms in total. The Morgan fingerprint density at radius 2 is 1.77 bits per heavy atom. The van der Waals surface area contributed by atoms with Crippen LogP contribution in [0.1, 0.15) is 48.8 Å². The standard InChI is InChI=1S/C18H25NO3/c1-12-7-6-8-13(2)15(12)11-17(20)19-16-10-5-3-4-9-14(16)18(21)22/h6-8,14,16H,3-5,9-11H2,1-2H3,(H,19,20)(H,21,22)/t14-,16+/m1/s1. The van der Waals surface area contributed by atoms with Crippen molar-refractivity contribution < 1.29 is 14.7 Å². The van der Waals surface area contributed by atoms with E-state index in [2.05, 4.69) is 5.32 Å². The van der Waals surface area contributed by atoms with Crippen LogP contribution < -0.4 is 5.32 Å². The second-order valence-corrected chi connectivity index (χ2v) is 6.30. The van der Waals surface area contributed by atoms with Crippen LogP contribution in [0.5, 0.6) is 0 Å². The van der Waals surface area contributed by atoms with Gasteiger partial charge in [-0.2, -0.15) is 0 Å². The summed E-state index contributed by atoms with van der Waals surface area (Å²) in [6.45, 7) is 4.00. The van der Waals surface area contributed by atoms with Crippen LogP contribution in [-0.2, 0) is 16.0 Å². The zero-order valence-corrected chi connectivity index (χ0v) is 13.4. The lowest BCUT2D eigenvalue weighted by Gasteiger charge is -2.23. The number of aryl methyl sites for hydroxylation is 2. The summed E-state index contributed by atoms with van der Waals surface area (Å²) in [7, 11) is 0. The number of carboxylic acid groups (broad SMARTS) is 1. The van der Waals surface area contributed by atoms with Crippen LogP contribution in [0.4, 0.5) is 0 Å². The van der Waals surface area contributed by atoms with Gasteiger partial charge in [0, 0.05) is 6.04 Å². The van der Waals surface area contributed by atoms with Gasteiger partial charge in [0.25, 0.3) is 0 Å². The Bertz CT molecular complexity index is 533. The number of aliphatic carboxylic acids is 1. The Hall–Kier alpha value is -1.84. The smallest absolute Gasteiger partial charge is 0.308 e. The molecule has 0 aromatic heterocycles. The first-order chi connectivity index (χ1) is 10.5. The molecule has 2 rings (SSSR count). The molecule has 2 N–H and O–H groups in total. The van der Waals surface area contributed by atoms with Crippen molar-refractivity contribution in [3.63, 3.8) is 0 Å². The van der Waals surface area contributed by atoms with Gasteiger partial charge in [0.15, 0.2) is 0 Å². The quantitative estimate of drug-likeness (QED) is 0.840. The molecule has 1 amide bonds. The molecule has 1 saturated carbocycles. The SMILES string of the molecule is Cc1cccc(C)c1CC(=O)N[C@H]1CCCCC[C@H]1C(=O)O. The number of benzene rings is 1. The number of hydrogen-bond acceptors (Lipinski definition) is 2. The number of carbonyl (C=O) groups is 2. The molecular formula is C18H25NO3. The Morgan fingerprint density at radius 1 is 1.14 bits per heavy atom. The molecule has 2 atom stereocenters. The number of carbonyl (C=O) groups excluding carboxylic acids is 1. The van der Waals surface area contributed by atoms with Crippen molar-refractivity contribution in [2.45, 2.75) is 58.4 Å². The lowest BCUT2D eigenvalue weighted by molar-refractivity contribution is -0.143. The van der Waals surface area contributed by atoms with E-state index < -0.39 is 11.9 Å². The average molecular weight is 303 g/mol. The Kier molecular flexibility index (Phi) is 5.58. The number of nitrogens with one attached hydrogen (secondary N) is 1. The van der Waals surface area contributed by atoms with Crippen molar-refractivity contribution in [2.24, 2.45) is 5.92 Å². The molecule has 0 aliphatic heterocycles. The van der Waals surface area contributed by atoms with Gasteiger partial charge in [0.05, 0.1) is 12.3 Å².